The largest absolute Gasteiger partial charge is 0.494 e. The Morgan fingerprint density at radius 1 is 1.38 bits per heavy atom. The number of halogens is 1. The van der Waals surface area contributed by atoms with E-state index in [2.05, 4.69) is 15.5 Å². The molecule has 1 amide bonds. The SMILES string of the molecule is CCOc1ccc(-c2noc(CCC(=O)N(C)C3CCNC3)n2)cc1.Cl. The maximum Gasteiger partial charge on any atom is 0.227 e. The lowest BCUT2D eigenvalue weighted by atomic mass is 10.2. The molecule has 3 rings (SSSR count). The number of benzene rings is 1. The van der Waals surface area contributed by atoms with Gasteiger partial charge in [0.15, 0.2) is 0 Å². The number of amides is 1. The van der Waals surface area contributed by atoms with Crippen LogP contribution in [-0.4, -0.2) is 53.7 Å². The highest BCUT2D eigenvalue weighted by Crippen LogP contribution is 2.20. The Morgan fingerprint density at radius 3 is 2.81 bits per heavy atom. The monoisotopic (exact) mass is 380 g/mol. The average molecular weight is 381 g/mol. The van der Waals surface area contributed by atoms with Crippen molar-refractivity contribution in [2.75, 3.05) is 26.7 Å². The molecule has 1 unspecified atom stereocenters. The van der Waals surface area contributed by atoms with E-state index in [1.807, 2.05) is 43.1 Å². The van der Waals surface area contributed by atoms with Crippen LogP contribution in [0.2, 0.25) is 0 Å². The molecule has 8 heteroatoms. The van der Waals surface area contributed by atoms with Crippen LogP contribution in [0.4, 0.5) is 0 Å². The number of carbonyl (C=O) groups is 1. The second kappa shape index (κ2) is 9.54. The third-order valence-electron chi connectivity index (χ3n) is 4.42. The van der Waals surface area contributed by atoms with Crippen molar-refractivity contribution in [1.82, 2.24) is 20.4 Å². The normalized spacial score (nSPS) is 16.2. The fourth-order valence-electron chi connectivity index (χ4n) is 2.90. The molecule has 2 heterocycles. The minimum Gasteiger partial charge on any atom is -0.494 e. The van der Waals surface area contributed by atoms with Crippen LogP contribution in [0.3, 0.4) is 0 Å². The Morgan fingerprint density at radius 2 is 2.15 bits per heavy atom. The summed E-state index contributed by atoms with van der Waals surface area (Å²) >= 11 is 0. The molecule has 0 saturated carbocycles. The Bertz CT molecular complexity index is 699. The summed E-state index contributed by atoms with van der Waals surface area (Å²) in [5.41, 5.74) is 0.860. The van der Waals surface area contributed by atoms with Gasteiger partial charge in [0.25, 0.3) is 0 Å². The van der Waals surface area contributed by atoms with Gasteiger partial charge in [-0.05, 0) is 44.2 Å². The van der Waals surface area contributed by atoms with Crippen LogP contribution < -0.4 is 10.1 Å². The average Bonchev–Trinajstić information content (AvgIpc) is 3.32. The molecule has 0 radical (unpaired) electrons. The minimum absolute atomic E-state index is 0. The molecule has 26 heavy (non-hydrogen) atoms. The van der Waals surface area contributed by atoms with Gasteiger partial charge in [-0.15, -0.1) is 12.4 Å². The molecule has 1 N–H and O–H groups in total. The van der Waals surface area contributed by atoms with Gasteiger partial charge in [0, 0.05) is 38.0 Å². The number of rotatable bonds is 7. The standard InChI is InChI=1S/C18H24N4O3.ClH/c1-3-24-15-6-4-13(5-7-15)18-20-16(25-21-18)8-9-17(23)22(2)14-10-11-19-12-14;/h4-7,14,19H,3,8-12H2,1-2H3;1H. The molecular weight excluding hydrogens is 356 g/mol. The van der Waals surface area contributed by atoms with Gasteiger partial charge in [-0.2, -0.15) is 4.98 Å². The number of aromatic nitrogens is 2. The van der Waals surface area contributed by atoms with Crippen LogP contribution in [-0.2, 0) is 11.2 Å². The fourth-order valence-corrected chi connectivity index (χ4v) is 2.90. The number of aryl methyl sites for hydroxylation is 1. The maximum absolute atomic E-state index is 12.3. The van der Waals surface area contributed by atoms with Gasteiger partial charge >= 0.3 is 0 Å². The summed E-state index contributed by atoms with van der Waals surface area (Å²) in [5.74, 6) is 1.92. The molecule has 0 aliphatic carbocycles. The zero-order valence-electron chi connectivity index (χ0n) is 15.1. The summed E-state index contributed by atoms with van der Waals surface area (Å²) in [6.45, 7) is 4.41. The Kier molecular flexibility index (Phi) is 7.41. The molecule has 7 nitrogen and oxygen atoms in total. The van der Waals surface area contributed by atoms with Crippen molar-refractivity contribution in [3.8, 4) is 17.1 Å². The van der Waals surface area contributed by atoms with Gasteiger partial charge in [-0.25, -0.2) is 0 Å². The first kappa shape index (κ1) is 20.2. The van der Waals surface area contributed by atoms with Crippen LogP contribution >= 0.6 is 12.4 Å². The van der Waals surface area contributed by atoms with Crippen molar-refractivity contribution in [2.24, 2.45) is 0 Å². The summed E-state index contributed by atoms with van der Waals surface area (Å²) in [4.78, 5) is 18.5. The van der Waals surface area contributed by atoms with Gasteiger partial charge in [0.2, 0.25) is 17.6 Å². The fraction of sp³-hybridized carbons (Fsp3) is 0.500. The van der Waals surface area contributed by atoms with Gasteiger partial charge in [0.05, 0.1) is 6.61 Å². The summed E-state index contributed by atoms with van der Waals surface area (Å²) < 4.78 is 10.7. The maximum atomic E-state index is 12.3. The predicted molar refractivity (Wildman–Crippen MR) is 101 cm³/mol. The molecule has 1 atom stereocenters. The van der Waals surface area contributed by atoms with E-state index in [9.17, 15) is 4.79 Å². The van der Waals surface area contributed by atoms with Crippen molar-refractivity contribution in [3.05, 3.63) is 30.2 Å². The third kappa shape index (κ3) is 4.95. The minimum atomic E-state index is 0. The molecule has 1 aliphatic heterocycles. The molecule has 0 bridgehead atoms. The lowest BCUT2D eigenvalue weighted by molar-refractivity contribution is -0.131. The van der Waals surface area contributed by atoms with Crippen molar-refractivity contribution >= 4 is 18.3 Å². The number of nitrogens with one attached hydrogen (secondary N) is 1. The molecule has 1 aliphatic rings. The Hall–Kier alpha value is -2.12. The molecular formula is C18H25ClN4O3. The quantitative estimate of drug-likeness (QED) is 0.793. The van der Waals surface area contributed by atoms with E-state index in [0.29, 0.717) is 31.2 Å². The highest BCUT2D eigenvalue weighted by atomic mass is 35.5. The molecule has 1 aromatic carbocycles. The van der Waals surface area contributed by atoms with Crippen LogP contribution in [0, 0.1) is 0 Å². The van der Waals surface area contributed by atoms with Gasteiger partial charge in [-0.3, -0.25) is 4.79 Å². The van der Waals surface area contributed by atoms with E-state index in [1.54, 1.807) is 0 Å². The molecule has 1 fully saturated rings. The van der Waals surface area contributed by atoms with Gasteiger partial charge in [-0.1, -0.05) is 5.16 Å². The van der Waals surface area contributed by atoms with E-state index >= 15 is 0 Å². The van der Waals surface area contributed by atoms with Crippen LogP contribution in [0.5, 0.6) is 5.75 Å². The van der Waals surface area contributed by atoms with E-state index in [1.165, 1.54) is 0 Å². The Balaban J connectivity index is 0.00000243. The lowest BCUT2D eigenvalue weighted by Gasteiger charge is -2.23. The first-order chi connectivity index (χ1) is 12.2. The molecule has 0 spiro atoms. The predicted octanol–water partition coefficient (Wildman–Crippen LogP) is 2.31. The number of hydrogen-bond acceptors (Lipinski definition) is 6. The van der Waals surface area contributed by atoms with Crippen molar-refractivity contribution < 1.29 is 14.1 Å². The topological polar surface area (TPSA) is 80.5 Å². The lowest BCUT2D eigenvalue weighted by Crippen LogP contribution is -2.38. The molecule has 1 saturated heterocycles. The van der Waals surface area contributed by atoms with E-state index in [0.717, 1.165) is 30.8 Å². The smallest absolute Gasteiger partial charge is 0.227 e. The zero-order chi connectivity index (χ0) is 17.6. The number of nitrogens with zero attached hydrogens (tertiary/aromatic N) is 3. The number of carbonyl (C=O) groups excluding carboxylic acids is 1. The molecule has 142 valence electrons. The van der Waals surface area contributed by atoms with Gasteiger partial charge < -0.3 is 19.5 Å². The summed E-state index contributed by atoms with van der Waals surface area (Å²) in [6, 6.07) is 7.83. The van der Waals surface area contributed by atoms with Crippen LogP contribution in [0.15, 0.2) is 28.8 Å². The van der Waals surface area contributed by atoms with E-state index in [4.69, 9.17) is 9.26 Å². The summed E-state index contributed by atoms with van der Waals surface area (Å²) in [5, 5.41) is 7.27. The van der Waals surface area contributed by atoms with Crippen LogP contribution in [0.25, 0.3) is 11.4 Å². The van der Waals surface area contributed by atoms with Crippen molar-refractivity contribution in [2.45, 2.75) is 32.2 Å². The van der Waals surface area contributed by atoms with Crippen molar-refractivity contribution in [1.29, 1.82) is 0 Å². The van der Waals surface area contributed by atoms with Crippen LogP contribution in [0.1, 0.15) is 25.7 Å². The molecule has 1 aromatic heterocycles. The van der Waals surface area contributed by atoms with Crippen molar-refractivity contribution in [3.63, 3.8) is 0 Å². The highest BCUT2D eigenvalue weighted by molar-refractivity contribution is 5.85. The number of likely N-dealkylation sites (N-methyl/N-ethyl adjacent to an activating group) is 1. The number of hydrogen-bond donors (Lipinski definition) is 1. The van der Waals surface area contributed by atoms with Gasteiger partial charge in [0.1, 0.15) is 5.75 Å². The first-order valence-electron chi connectivity index (χ1n) is 8.69. The zero-order valence-corrected chi connectivity index (χ0v) is 15.9. The third-order valence-corrected chi connectivity index (χ3v) is 4.42. The summed E-state index contributed by atoms with van der Waals surface area (Å²) in [6.07, 6.45) is 1.83. The highest BCUT2D eigenvalue weighted by Gasteiger charge is 2.23. The molecule has 2 aromatic rings. The second-order valence-electron chi connectivity index (χ2n) is 6.12. The summed E-state index contributed by atoms with van der Waals surface area (Å²) in [7, 11) is 1.86. The second-order valence-corrected chi connectivity index (χ2v) is 6.12. The number of ether oxygens (including phenoxy) is 1. The van der Waals surface area contributed by atoms with E-state index < -0.39 is 0 Å². The first-order valence-corrected chi connectivity index (χ1v) is 8.69. The van der Waals surface area contributed by atoms with E-state index in [-0.39, 0.29) is 24.4 Å². The Labute approximate surface area is 159 Å².